The monoisotopic (exact) mass is 197 g/mol. The van der Waals surface area contributed by atoms with Gasteiger partial charge in [0.2, 0.25) is 0 Å². The highest BCUT2D eigenvalue weighted by molar-refractivity contribution is 5.71. The van der Waals surface area contributed by atoms with Crippen LogP contribution < -0.4 is 0 Å². The van der Waals surface area contributed by atoms with Crippen LogP contribution in [0, 0.1) is 19.9 Å². The first-order valence-corrected chi connectivity index (χ1v) is 4.96. The van der Waals surface area contributed by atoms with Crippen LogP contribution in [0.5, 0.6) is 5.75 Å². The molecule has 0 spiro atoms. The number of phenols is 1. The van der Waals surface area contributed by atoms with Gasteiger partial charge >= 0.3 is 0 Å². The molecule has 0 heterocycles. The zero-order valence-electron chi connectivity index (χ0n) is 8.91. The van der Waals surface area contributed by atoms with Crippen molar-refractivity contribution >= 4 is 0 Å². The molecule has 1 N–H and O–H groups in total. The Morgan fingerprint density at radius 1 is 1.07 bits per heavy atom. The fourth-order valence-electron chi connectivity index (χ4n) is 1.91. The van der Waals surface area contributed by atoms with Crippen LogP contribution in [0.15, 0.2) is 36.4 Å². The summed E-state index contributed by atoms with van der Waals surface area (Å²) < 4.78 is 0. The molecule has 2 aromatic carbocycles. The van der Waals surface area contributed by atoms with Crippen molar-refractivity contribution in [3.05, 3.63) is 53.6 Å². The molecule has 1 radical (unpaired) electrons. The normalized spacial score (nSPS) is 10.3. The van der Waals surface area contributed by atoms with Crippen molar-refractivity contribution < 1.29 is 5.11 Å². The summed E-state index contributed by atoms with van der Waals surface area (Å²) in [6, 6.07) is 14.7. The van der Waals surface area contributed by atoms with Gasteiger partial charge in [0.05, 0.1) is 0 Å². The van der Waals surface area contributed by atoms with Crippen LogP contribution in [0.2, 0.25) is 0 Å². The molecule has 2 rings (SSSR count). The first-order valence-electron chi connectivity index (χ1n) is 4.96. The number of benzene rings is 2. The van der Waals surface area contributed by atoms with Crippen LogP contribution in [-0.2, 0) is 0 Å². The Morgan fingerprint density at radius 2 is 1.73 bits per heavy atom. The Balaban J connectivity index is 2.64. The molecule has 75 valence electrons. The summed E-state index contributed by atoms with van der Waals surface area (Å²) in [5.41, 5.74) is 4.39. The van der Waals surface area contributed by atoms with E-state index in [0.29, 0.717) is 5.75 Å². The lowest BCUT2D eigenvalue weighted by atomic mass is 9.95. The van der Waals surface area contributed by atoms with E-state index in [9.17, 15) is 5.11 Å². The third-order valence-corrected chi connectivity index (χ3v) is 2.50. The van der Waals surface area contributed by atoms with Crippen molar-refractivity contribution in [2.45, 2.75) is 13.8 Å². The Hall–Kier alpha value is -1.76. The molecular weight excluding hydrogens is 184 g/mol. The molecule has 0 fully saturated rings. The van der Waals surface area contributed by atoms with Gasteiger partial charge in [0.1, 0.15) is 5.75 Å². The van der Waals surface area contributed by atoms with Gasteiger partial charge < -0.3 is 5.11 Å². The van der Waals surface area contributed by atoms with E-state index in [1.54, 1.807) is 12.1 Å². The van der Waals surface area contributed by atoms with Gasteiger partial charge in [-0.05, 0) is 54.3 Å². The summed E-state index contributed by atoms with van der Waals surface area (Å²) in [6.07, 6.45) is 0. The second-order valence-corrected chi connectivity index (χ2v) is 3.73. The van der Waals surface area contributed by atoms with Gasteiger partial charge in [-0.25, -0.2) is 0 Å². The van der Waals surface area contributed by atoms with Crippen molar-refractivity contribution in [1.82, 2.24) is 0 Å². The van der Waals surface area contributed by atoms with Gasteiger partial charge in [-0.2, -0.15) is 0 Å². The van der Waals surface area contributed by atoms with Crippen molar-refractivity contribution in [3.63, 3.8) is 0 Å². The van der Waals surface area contributed by atoms with E-state index in [1.807, 2.05) is 38.1 Å². The predicted octanol–water partition coefficient (Wildman–Crippen LogP) is 3.48. The van der Waals surface area contributed by atoms with Gasteiger partial charge in [0, 0.05) is 0 Å². The second kappa shape index (κ2) is 3.77. The molecule has 0 aliphatic carbocycles. The lowest BCUT2D eigenvalue weighted by molar-refractivity contribution is 0.474. The maximum atomic E-state index is 9.46. The van der Waals surface area contributed by atoms with Crippen LogP contribution in [0.3, 0.4) is 0 Å². The van der Waals surface area contributed by atoms with Crippen LogP contribution in [-0.4, -0.2) is 5.11 Å². The van der Waals surface area contributed by atoms with E-state index in [4.69, 9.17) is 0 Å². The maximum absolute atomic E-state index is 9.46. The molecule has 0 aromatic heterocycles. The number of hydrogen-bond acceptors (Lipinski definition) is 1. The summed E-state index contributed by atoms with van der Waals surface area (Å²) in [6.45, 7) is 4.01. The minimum absolute atomic E-state index is 0.324. The molecular formula is C14H13O. The minimum Gasteiger partial charge on any atom is -0.508 e. The fraction of sp³-hybridized carbons (Fsp3) is 0.143. The molecule has 15 heavy (non-hydrogen) atoms. The van der Waals surface area contributed by atoms with E-state index in [0.717, 1.165) is 22.3 Å². The lowest BCUT2D eigenvalue weighted by Gasteiger charge is -2.10. The van der Waals surface area contributed by atoms with E-state index in [-0.39, 0.29) is 0 Å². The van der Waals surface area contributed by atoms with Crippen molar-refractivity contribution in [3.8, 4) is 16.9 Å². The van der Waals surface area contributed by atoms with Crippen LogP contribution in [0.1, 0.15) is 11.1 Å². The average Bonchev–Trinajstić information content (AvgIpc) is 2.17. The zero-order valence-corrected chi connectivity index (χ0v) is 8.91. The molecule has 0 amide bonds. The highest BCUT2D eigenvalue weighted by Crippen LogP contribution is 2.29. The van der Waals surface area contributed by atoms with Crippen molar-refractivity contribution in [2.24, 2.45) is 0 Å². The summed E-state index contributed by atoms with van der Waals surface area (Å²) in [5.74, 6) is 0.324. The molecule has 0 bridgehead atoms. The Labute approximate surface area is 90.0 Å². The molecule has 0 aliphatic heterocycles. The largest absolute Gasteiger partial charge is 0.508 e. The Morgan fingerprint density at radius 3 is 2.27 bits per heavy atom. The Kier molecular flexibility index (Phi) is 2.46. The third kappa shape index (κ3) is 1.86. The topological polar surface area (TPSA) is 20.2 Å². The predicted molar refractivity (Wildman–Crippen MR) is 61.9 cm³/mol. The molecule has 0 saturated carbocycles. The maximum Gasteiger partial charge on any atom is 0.116 e. The van der Waals surface area contributed by atoms with E-state index < -0.39 is 0 Å². The average molecular weight is 197 g/mol. The quantitative estimate of drug-likeness (QED) is 0.742. The van der Waals surface area contributed by atoms with Crippen LogP contribution in [0.25, 0.3) is 11.1 Å². The number of rotatable bonds is 1. The SMILES string of the molecule is Cc1cc(O)cc(C)c1-c1[c]cccc1. The zero-order chi connectivity index (χ0) is 10.8. The van der Waals surface area contributed by atoms with Crippen LogP contribution >= 0.6 is 0 Å². The molecule has 1 nitrogen and oxygen atoms in total. The molecule has 2 aromatic rings. The summed E-state index contributed by atoms with van der Waals surface area (Å²) in [5, 5.41) is 9.46. The number of aromatic hydroxyl groups is 1. The number of hydrogen-bond donors (Lipinski definition) is 1. The lowest BCUT2D eigenvalue weighted by Crippen LogP contribution is -1.87. The van der Waals surface area contributed by atoms with Gasteiger partial charge in [-0.1, -0.05) is 24.3 Å². The van der Waals surface area contributed by atoms with Crippen LogP contribution in [0.4, 0.5) is 0 Å². The van der Waals surface area contributed by atoms with E-state index in [2.05, 4.69) is 6.07 Å². The first kappa shape index (κ1) is 9.78. The van der Waals surface area contributed by atoms with E-state index >= 15 is 0 Å². The smallest absolute Gasteiger partial charge is 0.116 e. The molecule has 0 saturated heterocycles. The summed E-state index contributed by atoms with van der Waals surface area (Å²) in [7, 11) is 0. The summed E-state index contributed by atoms with van der Waals surface area (Å²) >= 11 is 0. The molecule has 0 aliphatic rings. The van der Waals surface area contributed by atoms with Gasteiger partial charge in [0.25, 0.3) is 0 Å². The van der Waals surface area contributed by atoms with Gasteiger partial charge in [0.15, 0.2) is 0 Å². The standard InChI is InChI=1S/C14H13O/c1-10-8-13(15)9-11(2)14(10)12-6-4-3-5-7-12/h3-6,8-9,15H,1-2H3. The Bertz CT molecular complexity index is 449. The highest BCUT2D eigenvalue weighted by atomic mass is 16.3. The second-order valence-electron chi connectivity index (χ2n) is 3.73. The number of phenolic OH excluding ortho intramolecular Hbond substituents is 1. The minimum atomic E-state index is 0.324. The first-order chi connectivity index (χ1) is 7.18. The fourth-order valence-corrected chi connectivity index (χ4v) is 1.91. The molecule has 1 heteroatoms. The molecule has 0 atom stereocenters. The summed E-state index contributed by atoms with van der Waals surface area (Å²) in [4.78, 5) is 0. The highest BCUT2D eigenvalue weighted by Gasteiger charge is 2.06. The third-order valence-electron chi connectivity index (χ3n) is 2.50. The van der Waals surface area contributed by atoms with Crippen molar-refractivity contribution in [2.75, 3.05) is 0 Å². The van der Waals surface area contributed by atoms with Gasteiger partial charge in [-0.15, -0.1) is 0 Å². The van der Waals surface area contributed by atoms with Gasteiger partial charge in [-0.3, -0.25) is 0 Å². The number of aryl methyl sites for hydroxylation is 2. The molecule has 0 unspecified atom stereocenters. The van der Waals surface area contributed by atoms with Crippen molar-refractivity contribution in [1.29, 1.82) is 0 Å². The van der Waals surface area contributed by atoms with E-state index in [1.165, 1.54) is 0 Å².